The van der Waals surface area contributed by atoms with Crippen molar-refractivity contribution < 1.29 is 19.0 Å². The summed E-state index contributed by atoms with van der Waals surface area (Å²) in [5.74, 6) is -0.256. The van der Waals surface area contributed by atoms with Crippen molar-refractivity contribution in [1.82, 2.24) is 4.90 Å². The number of carbonyl (C=O) groups is 1. The highest BCUT2D eigenvalue weighted by Gasteiger charge is 2.43. The maximum atomic E-state index is 13.2. The molecule has 4 rings (SSSR count). The molecule has 3 aromatic rings. The van der Waals surface area contributed by atoms with E-state index >= 15 is 0 Å². The maximum Gasteiger partial charge on any atom is 0.411 e. The topological polar surface area (TPSA) is 49.8 Å². The number of aliphatic hydroxyl groups excluding tert-OH is 1. The van der Waals surface area contributed by atoms with Crippen molar-refractivity contribution in [2.45, 2.75) is 37.8 Å². The highest BCUT2D eigenvalue weighted by atomic mass is 19.1. The van der Waals surface area contributed by atoms with E-state index in [0.29, 0.717) is 25.8 Å². The molecule has 2 atom stereocenters. The van der Waals surface area contributed by atoms with Crippen LogP contribution in [-0.4, -0.2) is 29.3 Å². The van der Waals surface area contributed by atoms with Crippen LogP contribution in [0.25, 0.3) is 11.1 Å². The van der Waals surface area contributed by atoms with E-state index in [2.05, 4.69) is 0 Å². The lowest BCUT2D eigenvalue weighted by Gasteiger charge is -2.43. The van der Waals surface area contributed by atoms with Crippen LogP contribution in [0.2, 0.25) is 0 Å². The molecular formula is C27H28FNO3. The molecule has 1 saturated heterocycles. The molecule has 1 fully saturated rings. The van der Waals surface area contributed by atoms with E-state index in [4.69, 9.17) is 4.74 Å². The van der Waals surface area contributed by atoms with E-state index in [1.165, 1.54) is 12.1 Å². The summed E-state index contributed by atoms with van der Waals surface area (Å²) in [6.45, 7) is 2.63. The molecule has 5 heteroatoms. The van der Waals surface area contributed by atoms with Gasteiger partial charge in [0.05, 0.1) is 6.04 Å². The lowest BCUT2D eigenvalue weighted by Crippen LogP contribution is -2.48. The third kappa shape index (κ3) is 4.53. The predicted octanol–water partition coefficient (Wildman–Crippen LogP) is 6.06. The molecule has 4 nitrogen and oxygen atoms in total. The number of benzene rings is 3. The second kappa shape index (κ2) is 9.53. The monoisotopic (exact) mass is 433 g/mol. The first-order valence-corrected chi connectivity index (χ1v) is 11.0. The van der Waals surface area contributed by atoms with E-state index in [-0.39, 0.29) is 24.6 Å². The molecule has 166 valence electrons. The summed E-state index contributed by atoms with van der Waals surface area (Å²) in [6.07, 6.45) is 1.49. The van der Waals surface area contributed by atoms with Gasteiger partial charge in [0.15, 0.2) is 0 Å². The fourth-order valence-corrected chi connectivity index (χ4v) is 4.43. The average Bonchev–Trinajstić information content (AvgIpc) is 2.83. The minimum Gasteiger partial charge on any atom is -0.438 e. The largest absolute Gasteiger partial charge is 0.438 e. The Kier molecular flexibility index (Phi) is 6.56. The smallest absolute Gasteiger partial charge is 0.411 e. The third-order valence-corrected chi connectivity index (χ3v) is 6.35. The van der Waals surface area contributed by atoms with Crippen LogP contribution in [0.4, 0.5) is 9.18 Å². The molecule has 0 spiro atoms. The van der Waals surface area contributed by atoms with Gasteiger partial charge >= 0.3 is 6.09 Å². The molecule has 1 N–H and O–H groups in total. The second-order valence-electron chi connectivity index (χ2n) is 8.30. The zero-order valence-electron chi connectivity index (χ0n) is 18.2. The van der Waals surface area contributed by atoms with Gasteiger partial charge in [0.1, 0.15) is 11.4 Å². The number of ether oxygens (including phenoxy) is 1. The number of hydrogen-bond donors (Lipinski definition) is 1. The Bertz CT molecular complexity index is 1040. The highest BCUT2D eigenvalue weighted by molar-refractivity contribution is 5.70. The summed E-state index contributed by atoms with van der Waals surface area (Å²) < 4.78 is 19.2. The van der Waals surface area contributed by atoms with E-state index in [0.717, 1.165) is 22.3 Å². The van der Waals surface area contributed by atoms with Gasteiger partial charge in [-0.25, -0.2) is 9.18 Å². The molecule has 3 aromatic carbocycles. The van der Waals surface area contributed by atoms with Gasteiger partial charge in [-0.05, 0) is 54.2 Å². The predicted molar refractivity (Wildman–Crippen MR) is 122 cm³/mol. The number of nitrogens with zero attached hydrogens (tertiary/aromatic N) is 1. The summed E-state index contributed by atoms with van der Waals surface area (Å²) in [5.41, 5.74) is 3.21. The molecule has 0 aromatic heterocycles. The van der Waals surface area contributed by atoms with Gasteiger partial charge in [0.25, 0.3) is 0 Å². The standard InChI is InChI=1S/C27H28FNO3/c1-20(21-8-10-22(11-9-21)23-12-14-25(28)15-13-23)29-18-17-27(16-5-19-30,32-26(29)31)24-6-3-2-4-7-24/h2-4,6-15,20,30H,5,16-19H2,1H3. The first kappa shape index (κ1) is 22.0. The maximum absolute atomic E-state index is 13.2. The minimum absolute atomic E-state index is 0.0622. The summed E-state index contributed by atoms with van der Waals surface area (Å²) in [6, 6.07) is 24.1. The van der Waals surface area contributed by atoms with E-state index in [9.17, 15) is 14.3 Å². The van der Waals surface area contributed by atoms with Gasteiger partial charge in [0, 0.05) is 19.6 Å². The van der Waals surface area contributed by atoms with Gasteiger partial charge < -0.3 is 14.7 Å². The first-order chi connectivity index (χ1) is 15.5. The fourth-order valence-electron chi connectivity index (χ4n) is 4.43. The Labute approximate surface area is 188 Å². The fraction of sp³-hybridized carbons (Fsp3) is 0.296. The van der Waals surface area contributed by atoms with Crippen molar-refractivity contribution in [2.24, 2.45) is 0 Å². The van der Waals surface area contributed by atoms with Crippen molar-refractivity contribution >= 4 is 6.09 Å². The van der Waals surface area contributed by atoms with Gasteiger partial charge in [-0.2, -0.15) is 0 Å². The number of cyclic esters (lactones) is 1. The molecule has 1 heterocycles. The highest BCUT2D eigenvalue weighted by Crippen LogP contribution is 2.40. The number of rotatable bonds is 7. The number of amides is 1. The van der Waals surface area contributed by atoms with E-state index in [1.54, 1.807) is 17.0 Å². The molecule has 2 unspecified atom stereocenters. The zero-order chi connectivity index (χ0) is 22.6. The molecule has 32 heavy (non-hydrogen) atoms. The van der Waals surface area contributed by atoms with Crippen molar-refractivity contribution in [1.29, 1.82) is 0 Å². The molecular weight excluding hydrogens is 405 g/mol. The van der Waals surface area contributed by atoms with Crippen LogP contribution >= 0.6 is 0 Å². The number of hydrogen-bond acceptors (Lipinski definition) is 3. The summed E-state index contributed by atoms with van der Waals surface area (Å²) in [5, 5.41) is 9.36. The van der Waals surface area contributed by atoms with Crippen LogP contribution in [0.15, 0.2) is 78.9 Å². The van der Waals surface area contributed by atoms with E-state index < -0.39 is 5.60 Å². The van der Waals surface area contributed by atoms with Crippen LogP contribution < -0.4 is 0 Å². The quantitative estimate of drug-likeness (QED) is 0.492. The van der Waals surface area contributed by atoms with Crippen LogP contribution in [0.1, 0.15) is 43.4 Å². The lowest BCUT2D eigenvalue weighted by molar-refractivity contribution is -0.0680. The molecule has 0 aliphatic carbocycles. The Morgan fingerprint density at radius 1 is 1.00 bits per heavy atom. The summed E-state index contributed by atoms with van der Waals surface area (Å²) in [4.78, 5) is 14.8. The van der Waals surface area contributed by atoms with Gasteiger partial charge in [-0.1, -0.05) is 66.7 Å². The van der Waals surface area contributed by atoms with Crippen molar-refractivity contribution in [3.05, 3.63) is 95.8 Å². The molecule has 1 aliphatic heterocycles. The molecule has 1 aliphatic rings. The van der Waals surface area contributed by atoms with Crippen molar-refractivity contribution in [2.75, 3.05) is 13.2 Å². The Balaban J connectivity index is 1.50. The lowest BCUT2D eigenvalue weighted by atomic mass is 9.84. The minimum atomic E-state index is -0.705. The Hall–Kier alpha value is -3.18. The Morgan fingerprint density at radius 3 is 2.22 bits per heavy atom. The zero-order valence-corrected chi connectivity index (χ0v) is 18.2. The SMILES string of the molecule is CC(c1ccc(-c2ccc(F)cc2)cc1)N1CCC(CCCO)(c2ccccc2)OC1=O. The van der Waals surface area contributed by atoms with Crippen LogP contribution in [0.5, 0.6) is 0 Å². The molecule has 0 radical (unpaired) electrons. The van der Waals surface area contributed by atoms with Gasteiger partial charge in [-0.3, -0.25) is 0 Å². The van der Waals surface area contributed by atoms with Crippen molar-refractivity contribution in [3.63, 3.8) is 0 Å². The summed E-state index contributed by atoms with van der Waals surface area (Å²) in [7, 11) is 0. The van der Waals surface area contributed by atoms with Gasteiger partial charge in [-0.15, -0.1) is 0 Å². The normalized spacial score (nSPS) is 19.5. The molecule has 1 amide bonds. The summed E-state index contributed by atoms with van der Waals surface area (Å²) >= 11 is 0. The number of halogens is 1. The average molecular weight is 434 g/mol. The number of carbonyl (C=O) groups excluding carboxylic acids is 1. The number of aliphatic hydroxyl groups is 1. The van der Waals surface area contributed by atoms with Crippen LogP contribution in [-0.2, 0) is 10.3 Å². The van der Waals surface area contributed by atoms with Crippen molar-refractivity contribution in [3.8, 4) is 11.1 Å². The molecule has 0 saturated carbocycles. The third-order valence-electron chi connectivity index (χ3n) is 6.35. The van der Waals surface area contributed by atoms with Crippen LogP contribution in [0, 0.1) is 5.82 Å². The van der Waals surface area contributed by atoms with E-state index in [1.807, 2.05) is 61.5 Å². The second-order valence-corrected chi connectivity index (χ2v) is 8.30. The first-order valence-electron chi connectivity index (χ1n) is 11.0. The van der Waals surface area contributed by atoms with Crippen LogP contribution in [0.3, 0.4) is 0 Å². The molecule has 0 bridgehead atoms. The van der Waals surface area contributed by atoms with Gasteiger partial charge in [0.2, 0.25) is 0 Å². The Morgan fingerprint density at radius 2 is 1.62 bits per heavy atom.